The molecule has 31 heavy (non-hydrogen) atoms. The number of hydrogen-bond acceptors (Lipinski definition) is 3. The van der Waals surface area contributed by atoms with Crippen LogP contribution in [0, 0.1) is 0 Å². The molecule has 0 aromatic heterocycles. The topological polar surface area (TPSA) is 64.7 Å². The lowest BCUT2D eigenvalue weighted by Crippen LogP contribution is -2.38. The van der Waals surface area contributed by atoms with Gasteiger partial charge in [0.2, 0.25) is 0 Å². The van der Waals surface area contributed by atoms with E-state index in [1.165, 1.54) is 35.3 Å². The maximum absolute atomic E-state index is 13.3. The van der Waals surface area contributed by atoms with Crippen molar-refractivity contribution >= 4 is 23.3 Å². The molecule has 1 heterocycles. The van der Waals surface area contributed by atoms with Crippen LogP contribution in [0.1, 0.15) is 53.6 Å². The molecule has 6 nitrogen and oxygen atoms in total. The van der Waals surface area contributed by atoms with Crippen molar-refractivity contribution in [3.63, 3.8) is 0 Å². The highest BCUT2D eigenvalue weighted by Gasteiger charge is 2.24. The first-order valence-corrected chi connectivity index (χ1v) is 11.3. The number of fused-ring (bicyclic) bond motifs is 1. The standard InChI is InChI=1S/C25H32N4O2/c1-28(2)25(31)27-21-12-13-23(29-15-14-18-8-6-7-9-19(18)17-29)22(16-21)24(30)26-20-10-4-3-5-11-20/h6-9,12-13,16,20H,3-5,10-11,14-15,17H2,1-2H3,(H,26,30)(H,27,31). The van der Waals surface area contributed by atoms with Crippen molar-refractivity contribution in [3.05, 3.63) is 59.2 Å². The van der Waals surface area contributed by atoms with Crippen LogP contribution >= 0.6 is 0 Å². The molecule has 0 spiro atoms. The lowest BCUT2D eigenvalue weighted by atomic mass is 9.95. The van der Waals surface area contributed by atoms with Gasteiger partial charge in [-0.3, -0.25) is 4.79 Å². The normalized spacial score (nSPS) is 16.4. The number of nitrogens with one attached hydrogen (secondary N) is 2. The van der Waals surface area contributed by atoms with Crippen LogP contribution in [0.2, 0.25) is 0 Å². The third-order valence-corrected chi connectivity index (χ3v) is 6.31. The Morgan fingerprint density at radius 3 is 2.48 bits per heavy atom. The van der Waals surface area contributed by atoms with Gasteiger partial charge >= 0.3 is 6.03 Å². The van der Waals surface area contributed by atoms with Crippen LogP contribution in [0.5, 0.6) is 0 Å². The highest BCUT2D eigenvalue weighted by molar-refractivity contribution is 6.02. The second kappa shape index (κ2) is 9.41. The molecule has 6 heteroatoms. The highest BCUT2D eigenvalue weighted by atomic mass is 16.2. The van der Waals surface area contributed by atoms with E-state index in [0.29, 0.717) is 11.3 Å². The van der Waals surface area contributed by atoms with E-state index >= 15 is 0 Å². The molecule has 164 valence electrons. The smallest absolute Gasteiger partial charge is 0.321 e. The summed E-state index contributed by atoms with van der Waals surface area (Å²) < 4.78 is 0. The fourth-order valence-corrected chi connectivity index (χ4v) is 4.52. The molecule has 4 rings (SSSR count). The van der Waals surface area contributed by atoms with Crippen LogP contribution in [-0.4, -0.2) is 43.5 Å². The van der Waals surface area contributed by atoms with Crippen molar-refractivity contribution in [2.75, 3.05) is 30.9 Å². The summed E-state index contributed by atoms with van der Waals surface area (Å²) in [7, 11) is 3.40. The van der Waals surface area contributed by atoms with Gasteiger partial charge in [-0.15, -0.1) is 0 Å². The monoisotopic (exact) mass is 420 g/mol. The molecule has 1 saturated carbocycles. The minimum absolute atomic E-state index is 0.0540. The van der Waals surface area contributed by atoms with Gasteiger partial charge < -0.3 is 20.4 Å². The fourth-order valence-electron chi connectivity index (χ4n) is 4.52. The second-order valence-corrected chi connectivity index (χ2v) is 8.81. The van der Waals surface area contributed by atoms with Gasteiger partial charge in [-0.05, 0) is 48.6 Å². The average molecular weight is 421 g/mol. The molecule has 0 bridgehead atoms. The lowest BCUT2D eigenvalue weighted by Gasteiger charge is -2.32. The van der Waals surface area contributed by atoms with Crippen LogP contribution in [-0.2, 0) is 13.0 Å². The zero-order valence-electron chi connectivity index (χ0n) is 18.5. The number of carbonyl (C=O) groups is 2. The summed E-state index contributed by atoms with van der Waals surface area (Å²) in [5.41, 5.74) is 4.86. The van der Waals surface area contributed by atoms with Crippen molar-refractivity contribution < 1.29 is 9.59 Å². The SMILES string of the molecule is CN(C)C(=O)Nc1ccc(N2CCc3ccccc3C2)c(C(=O)NC2CCCCC2)c1. The number of nitrogens with zero attached hydrogens (tertiary/aromatic N) is 2. The third-order valence-electron chi connectivity index (χ3n) is 6.31. The summed E-state index contributed by atoms with van der Waals surface area (Å²) in [6.07, 6.45) is 6.61. The van der Waals surface area contributed by atoms with Gasteiger partial charge in [-0.2, -0.15) is 0 Å². The van der Waals surface area contributed by atoms with Gasteiger partial charge in [0, 0.05) is 44.6 Å². The Bertz CT molecular complexity index is 950. The predicted molar refractivity (Wildman–Crippen MR) is 125 cm³/mol. The van der Waals surface area contributed by atoms with E-state index in [-0.39, 0.29) is 18.0 Å². The van der Waals surface area contributed by atoms with Crippen molar-refractivity contribution in [1.82, 2.24) is 10.2 Å². The number of benzene rings is 2. The van der Waals surface area contributed by atoms with E-state index in [0.717, 1.165) is 38.0 Å². The molecule has 3 amide bonds. The Hall–Kier alpha value is -3.02. The number of carbonyl (C=O) groups excluding carboxylic acids is 2. The molecule has 0 radical (unpaired) electrons. The van der Waals surface area contributed by atoms with E-state index in [1.807, 2.05) is 18.2 Å². The van der Waals surface area contributed by atoms with E-state index in [4.69, 9.17) is 0 Å². The zero-order chi connectivity index (χ0) is 21.8. The van der Waals surface area contributed by atoms with Crippen LogP contribution in [0.25, 0.3) is 0 Å². The predicted octanol–water partition coefficient (Wildman–Crippen LogP) is 4.41. The number of anilines is 2. The molecule has 2 aromatic carbocycles. The number of hydrogen-bond donors (Lipinski definition) is 2. The summed E-state index contributed by atoms with van der Waals surface area (Å²) in [5, 5.41) is 6.12. The lowest BCUT2D eigenvalue weighted by molar-refractivity contribution is 0.0928. The molecule has 0 saturated heterocycles. The first-order chi connectivity index (χ1) is 15.0. The van der Waals surface area contributed by atoms with Crippen molar-refractivity contribution in [3.8, 4) is 0 Å². The minimum atomic E-state index is -0.210. The van der Waals surface area contributed by atoms with Crippen LogP contribution in [0.15, 0.2) is 42.5 Å². The first kappa shape index (κ1) is 21.2. The number of amides is 3. The Morgan fingerprint density at radius 2 is 1.74 bits per heavy atom. The summed E-state index contributed by atoms with van der Waals surface area (Å²) >= 11 is 0. The molecule has 1 fully saturated rings. The Kier molecular flexibility index (Phi) is 6.44. The number of urea groups is 1. The van der Waals surface area contributed by atoms with Gasteiger partial charge in [0.05, 0.1) is 5.56 Å². The summed E-state index contributed by atoms with van der Waals surface area (Å²) in [6.45, 7) is 1.65. The van der Waals surface area contributed by atoms with Crippen LogP contribution in [0.3, 0.4) is 0 Å². The van der Waals surface area contributed by atoms with Gasteiger partial charge in [-0.1, -0.05) is 43.5 Å². The molecular weight excluding hydrogens is 388 g/mol. The van der Waals surface area contributed by atoms with Gasteiger partial charge in [0.25, 0.3) is 5.91 Å². The Morgan fingerprint density at radius 1 is 1.00 bits per heavy atom. The highest BCUT2D eigenvalue weighted by Crippen LogP contribution is 2.30. The second-order valence-electron chi connectivity index (χ2n) is 8.81. The molecule has 0 atom stereocenters. The van der Waals surface area contributed by atoms with Gasteiger partial charge in [0.15, 0.2) is 0 Å². The maximum Gasteiger partial charge on any atom is 0.321 e. The average Bonchev–Trinajstić information content (AvgIpc) is 2.79. The largest absolute Gasteiger partial charge is 0.366 e. The fraction of sp³-hybridized carbons (Fsp3) is 0.440. The number of rotatable bonds is 4. The molecule has 1 aliphatic heterocycles. The Balaban J connectivity index is 1.61. The summed E-state index contributed by atoms with van der Waals surface area (Å²) in [6, 6.07) is 14.2. The van der Waals surface area contributed by atoms with Crippen LogP contribution < -0.4 is 15.5 Å². The maximum atomic E-state index is 13.3. The molecular formula is C25H32N4O2. The zero-order valence-corrected chi connectivity index (χ0v) is 18.5. The first-order valence-electron chi connectivity index (χ1n) is 11.3. The van der Waals surface area contributed by atoms with Crippen molar-refractivity contribution in [2.24, 2.45) is 0 Å². The Labute approximate surface area is 184 Å². The molecule has 2 aliphatic rings. The van der Waals surface area contributed by atoms with E-state index in [2.05, 4.69) is 39.8 Å². The third kappa shape index (κ3) is 5.01. The molecule has 1 aliphatic carbocycles. The van der Waals surface area contributed by atoms with Crippen LogP contribution in [0.4, 0.5) is 16.2 Å². The molecule has 2 N–H and O–H groups in total. The quantitative estimate of drug-likeness (QED) is 0.770. The summed E-state index contributed by atoms with van der Waals surface area (Å²) in [4.78, 5) is 29.2. The minimum Gasteiger partial charge on any atom is -0.366 e. The van der Waals surface area contributed by atoms with E-state index in [1.54, 1.807) is 14.1 Å². The van der Waals surface area contributed by atoms with Gasteiger partial charge in [-0.25, -0.2) is 4.79 Å². The molecule has 2 aromatic rings. The van der Waals surface area contributed by atoms with Crippen molar-refractivity contribution in [1.29, 1.82) is 0 Å². The summed E-state index contributed by atoms with van der Waals surface area (Å²) in [5.74, 6) is -0.0540. The van der Waals surface area contributed by atoms with E-state index in [9.17, 15) is 9.59 Å². The molecule has 0 unspecified atom stereocenters. The van der Waals surface area contributed by atoms with Crippen molar-refractivity contribution in [2.45, 2.75) is 51.1 Å². The van der Waals surface area contributed by atoms with Gasteiger partial charge in [0.1, 0.15) is 0 Å². The van der Waals surface area contributed by atoms with E-state index < -0.39 is 0 Å².